The summed E-state index contributed by atoms with van der Waals surface area (Å²) in [6.45, 7) is 1.20. The van der Waals surface area contributed by atoms with Gasteiger partial charge in [-0.25, -0.2) is 0 Å². The predicted octanol–water partition coefficient (Wildman–Crippen LogP) is 5.17. The molecule has 2 aromatic rings. The normalized spacial score (nSPS) is 17.0. The molecule has 1 N–H and O–H groups in total. The van der Waals surface area contributed by atoms with E-state index in [2.05, 4.69) is 5.32 Å². The summed E-state index contributed by atoms with van der Waals surface area (Å²) in [7, 11) is 0. The molecule has 0 spiro atoms. The number of hydrogen-bond acceptors (Lipinski definition) is 3. The zero-order valence-corrected chi connectivity index (χ0v) is 14.9. The number of benzene rings is 2. The van der Waals surface area contributed by atoms with Crippen LogP contribution in [0.5, 0.6) is 5.75 Å². The van der Waals surface area contributed by atoms with Crippen LogP contribution in [0, 0.1) is 0 Å². The van der Waals surface area contributed by atoms with Crippen LogP contribution < -0.4 is 10.1 Å². The van der Waals surface area contributed by atoms with E-state index in [1.807, 2.05) is 0 Å². The Balaban J connectivity index is 1.60. The van der Waals surface area contributed by atoms with Gasteiger partial charge < -0.3 is 14.8 Å². The zero-order chi connectivity index (χ0) is 19.4. The van der Waals surface area contributed by atoms with Crippen molar-refractivity contribution in [3.05, 3.63) is 58.6 Å². The predicted molar refractivity (Wildman–Crippen MR) is 95.3 cm³/mol. The minimum absolute atomic E-state index is 0.0924. The molecule has 1 heterocycles. The molecule has 2 aromatic carbocycles. The summed E-state index contributed by atoms with van der Waals surface area (Å²) in [6, 6.07) is 9.21. The fourth-order valence-electron chi connectivity index (χ4n) is 2.65. The van der Waals surface area contributed by atoms with E-state index in [1.54, 1.807) is 24.3 Å². The van der Waals surface area contributed by atoms with Gasteiger partial charge >= 0.3 is 6.18 Å². The van der Waals surface area contributed by atoms with E-state index in [1.165, 1.54) is 0 Å². The molecule has 0 aliphatic carbocycles. The van der Waals surface area contributed by atoms with Crippen LogP contribution in [0.3, 0.4) is 0 Å². The smallest absolute Gasteiger partial charge is 0.416 e. The molecule has 1 saturated heterocycles. The molecule has 0 bridgehead atoms. The van der Waals surface area contributed by atoms with Gasteiger partial charge in [0.05, 0.1) is 22.4 Å². The lowest BCUT2D eigenvalue weighted by Crippen LogP contribution is -2.16. The van der Waals surface area contributed by atoms with Crippen molar-refractivity contribution in [1.82, 2.24) is 0 Å². The Bertz CT molecular complexity index is 803. The quantitative estimate of drug-likeness (QED) is 0.754. The third kappa shape index (κ3) is 5.14. The lowest BCUT2D eigenvalue weighted by molar-refractivity contribution is -0.137. The van der Waals surface area contributed by atoms with E-state index in [0.717, 1.165) is 37.6 Å². The van der Waals surface area contributed by atoms with Crippen LogP contribution in [-0.2, 0) is 10.9 Å². The van der Waals surface area contributed by atoms with E-state index < -0.39 is 17.6 Å². The summed E-state index contributed by atoms with van der Waals surface area (Å²) in [5, 5.41) is 2.32. The summed E-state index contributed by atoms with van der Waals surface area (Å²) in [5.41, 5.74) is -0.443. The van der Waals surface area contributed by atoms with Gasteiger partial charge in [0, 0.05) is 12.2 Å². The van der Waals surface area contributed by atoms with E-state index >= 15 is 0 Å². The molecule has 3 rings (SSSR count). The molecule has 8 heteroatoms. The number of carbonyl (C=O) groups is 1. The van der Waals surface area contributed by atoms with Crippen molar-refractivity contribution in [2.24, 2.45) is 0 Å². The van der Waals surface area contributed by atoms with Gasteiger partial charge in [0.25, 0.3) is 5.91 Å². The van der Waals surface area contributed by atoms with Crippen molar-refractivity contribution in [3.63, 3.8) is 0 Å². The van der Waals surface area contributed by atoms with E-state index in [0.29, 0.717) is 17.9 Å². The first-order valence-corrected chi connectivity index (χ1v) is 8.73. The third-order valence-corrected chi connectivity index (χ3v) is 4.43. The lowest BCUT2D eigenvalue weighted by atomic mass is 10.1. The standard InChI is InChI=1S/C19H17ClF3NO3/c20-16-10-13(19(21,22)23)5-8-17(16)24-18(25)12-3-6-14(7-4-12)27-11-15-2-1-9-26-15/h3-8,10,15H,1-2,9,11H2,(H,24,25)/t15-/m1/s1. The molecular formula is C19H17ClF3NO3. The summed E-state index contributed by atoms with van der Waals surface area (Å²) >= 11 is 5.85. The summed E-state index contributed by atoms with van der Waals surface area (Å²) in [5.74, 6) is 0.122. The van der Waals surface area contributed by atoms with Crippen molar-refractivity contribution in [3.8, 4) is 5.75 Å². The summed E-state index contributed by atoms with van der Waals surface area (Å²) in [6.07, 6.45) is -2.41. The van der Waals surface area contributed by atoms with E-state index in [-0.39, 0.29) is 16.8 Å². The molecule has 1 atom stereocenters. The van der Waals surface area contributed by atoms with Gasteiger partial charge in [0.15, 0.2) is 0 Å². The Morgan fingerprint density at radius 2 is 1.96 bits per heavy atom. The van der Waals surface area contributed by atoms with Crippen molar-refractivity contribution in [2.75, 3.05) is 18.5 Å². The second-order valence-corrected chi connectivity index (χ2v) is 6.52. The van der Waals surface area contributed by atoms with Gasteiger partial charge in [-0.2, -0.15) is 13.2 Å². The van der Waals surface area contributed by atoms with Crippen LogP contribution in [0.1, 0.15) is 28.8 Å². The van der Waals surface area contributed by atoms with Gasteiger partial charge in [-0.05, 0) is 55.3 Å². The average Bonchev–Trinajstić information content (AvgIpc) is 3.15. The number of anilines is 1. The molecule has 144 valence electrons. The Labute approximate surface area is 159 Å². The fraction of sp³-hybridized carbons (Fsp3) is 0.316. The number of alkyl halides is 3. The van der Waals surface area contributed by atoms with Crippen molar-refractivity contribution in [2.45, 2.75) is 25.1 Å². The topological polar surface area (TPSA) is 47.6 Å². The van der Waals surface area contributed by atoms with Crippen molar-refractivity contribution < 1.29 is 27.4 Å². The van der Waals surface area contributed by atoms with Gasteiger partial charge in [0.2, 0.25) is 0 Å². The fourth-order valence-corrected chi connectivity index (χ4v) is 2.88. The molecule has 1 aliphatic rings. The minimum atomic E-state index is -4.49. The number of hydrogen-bond donors (Lipinski definition) is 1. The van der Waals surface area contributed by atoms with Crippen LogP contribution in [0.25, 0.3) is 0 Å². The largest absolute Gasteiger partial charge is 0.491 e. The van der Waals surface area contributed by atoms with Crippen molar-refractivity contribution in [1.29, 1.82) is 0 Å². The molecule has 1 amide bonds. The van der Waals surface area contributed by atoms with E-state index in [4.69, 9.17) is 21.1 Å². The van der Waals surface area contributed by atoms with Crippen LogP contribution in [0.4, 0.5) is 18.9 Å². The number of carbonyl (C=O) groups excluding carboxylic acids is 1. The van der Waals surface area contributed by atoms with Gasteiger partial charge in [-0.1, -0.05) is 11.6 Å². The molecular weight excluding hydrogens is 383 g/mol. The maximum Gasteiger partial charge on any atom is 0.416 e. The second-order valence-electron chi connectivity index (χ2n) is 6.12. The number of nitrogens with one attached hydrogen (secondary N) is 1. The number of ether oxygens (including phenoxy) is 2. The van der Waals surface area contributed by atoms with Gasteiger partial charge in [-0.15, -0.1) is 0 Å². The Morgan fingerprint density at radius 1 is 1.22 bits per heavy atom. The molecule has 0 saturated carbocycles. The zero-order valence-electron chi connectivity index (χ0n) is 14.2. The van der Waals surface area contributed by atoms with Crippen LogP contribution >= 0.6 is 11.6 Å². The summed E-state index contributed by atoms with van der Waals surface area (Å²) in [4.78, 5) is 12.3. The lowest BCUT2D eigenvalue weighted by Gasteiger charge is -2.12. The summed E-state index contributed by atoms with van der Waals surface area (Å²) < 4.78 is 49.1. The van der Waals surface area contributed by atoms with Gasteiger partial charge in [0.1, 0.15) is 12.4 Å². The highest BCUT2D eigenvalue weighted by Gasteiger charge is 2.31. The van der Waals surface area contributed by atoms with Gasteiger partial charge in [-0.3, -0.25) is 4.79 Å². The number of rotatable bonds is 5. The van der Waals surface area contributed by atoms with Crippen LogP contribution in [0.15, 0.2) is 42.5 Å². The first-order valence-electron chi connectivity index (χ1n) is 8.35. The van der Waals surface area contributed by atoms with Crippen LogP contribution in [0.2, 0.25) is 5.02 Å². The van der Waals surface area contributed by atoms with Crippen LogP contribution in [-0.4, -0.2) is 25.2 Å². The highest BCUT2D eigenvalue weighted by atomic mass is 35.5. The SMILES string of the molecule is O=C(Nc1ccc(C(F)(F)F)cc1Cl)c1ccc(OC[C@H]2CCCO2)cc1. The number of halogens is 4. The molecule has 4 nitrogen and oxygen atoms in total. The Morgan fingerprint density at radius 3 is 2.56 bits per heavy atom. The molecule has 0 aromatic heterocycles. The molecule has 27 heavy (non-hydrogen) atoms. The number of amides is 1. The first kappa shape index (κ1) is 19.5. The average molecular weight is 400 g/mol. The minimum Gasteiger partial charge on any atom is -0.491 e. The Hall–Kier alpha value is -2.25. The molecule has 0 unspecified atom stereocenters. The maximum atomic E-state index is 12.7. The third-order valence-electron chi connectivity index (χ3n) is 4.12. The highest BCUT2D eigenvalue weighted by molar-refractivity contribution is 6.34. The maximum absolute atomic E-state index is 12.7. The Kier molecular flexibility index (Phi) is 5.92. The monoisotopic (exact) mass is 399 g/mol. The molecule has 1 fully saturated rings. The molecule has 0 radical (unpaired) electrons. The molecule has 1 aliphatic heterocycles. The first-order chi connectivity index (χ1) is 12.8. The highest BCUT2D eigenvalue weighted by Crippen LogP contribution is 2.33. The van der Waals surface area contributed by atoms with E-state index in [9.17, 15) is 18.0 Å². The second kappa shape index (κ2) is 8.19. The van der Waals surface area contributed by atoms with Crippen molar-refractivity contribution >= 4 is 23.2 Å².